The highest BCUT2D eigenvalue weighted by Gasteiger charge is 2.36. The van der Waals surface area contributed by atoms with E-state index in [1.807, 2.05) is 33.4 Å². The lowest BCUT2D eigenvalue weighted by atomic mass is 9.87. The van der Waals surface area contributed by atoms with Gasteiger partial charge in [-0.15, -0.1) is 11.3 Å². The summed E-state index contributed by atoms with van der Waals surface area (Å²) in [6.07, 6.45) is 4.49. The van der Waals surface area contributed by atoms with Gasteiger partial charge in [0.25, 0.3) is 11.8 Å². The van der Waals surface area contributed by atoms with Crippen LogP contribution >= 0.6 is 11.3 Å². The van der Waals surface area contributed by atoms with Crippen LogP contribution in [0.4, 0.5) is 0 Å². The van der Waals surface area contributed by atoms with Crippen LogP contribution in [0.2, 0.25) is 0 Å². The quantitative estimate of drug-likeness (QED) is 0.703. The van der Waals surface area contributed by atoms with Gasteiger partial charge in [0.1, 0.15) is 11.8 Å². The van der Waals surface area contributed by atoms with Crippen LogP contribution in [0.5, 0.6) is 5.75 Å². The fraction of sp³-hybridized carbons (Fsp3) is 0.480. The summed E-state index contributed by atoms with van der Waals surface area (Å²) in [5, 5.41) is 4.90. The number of likely N-dealkylation sites (tertiary alicyclic amines) is 2. The Hall–Kier alpha value is -2.87. The van der Waals surface area contributed by atoms with Crippen molar-refractivity contribution in [3.05, 3.63) is 52.2 Å². The summed E-state index contributed by atoms with van der Waals surface area (Å²) in [6.45, 7) is 2.60. The summed E-state index contributed by atoms with van der Waals surface area (Å²) in [5.74, 6) is 0.429. The van der Waals surface area contributed by atoms with E-state index >= 15 is 0 Å². The number of nitrogens with zero attached hydrogens (tertiary/aromatic N) is 2. The number of hydrogen-bond donors (Lipinski definition) is 1. The zero-order valence-corrected chi connectivity index (χ0v) is 19.8. The van der Waals surface area contributed by atoms with E-state index < -0.39 is 6.04 Å². The van der Waals surface area contributed by atoms with E-state index in [9.17, 15) is 14.4 Å². The summed E-state index contributed by atoms with van der Waals surface area (Å²) >= 11 is 1.37. The molecule has 8 heteroatoms. The number of rotatable bonds is 6. The van der Waals surface area contributed by atoms with E-state index in [0.717, 1.165) is 32.4 Å². The Kier molecular flexibility index (Phi) is 7.65. The van der Waals surface area contributed by atoms with Crippen LogP contribution in [0, 0.1) is 5.92 Å². The molecular formula is C25H31N3O4S. The molecule has 0 saturated carbocycles. The van der Waals surface area contributed by atoms with Gasteiger partial charge >= 0.3 is 0 Å². The average Bonchev–Trinajstić information content (AvgIpc) is 3.42. The number of amides is 3. The second-order valence-electron chi connectivity index (χ2n) is 8.68. The third-order valence-corrected chi connectivity index (χ3v) is 7.45. The van der Waals surface area contributed by atoms with Crippen LogP contribution in [0.25, 0.3) is 0 Å². The minimum Gasteiger partial charge on any atom is -0.497 e. The van der Waals surface area contributed by atoms with Crippen molar-refractivity contribution in [3.8, 4) is 5.75 Å². The number of carbonyl (C=O) groups is 3. The molecule has 1 N–H and O–H groups in total. The second-order valence-corrected chi connectivity index (χ2v) is 9.62. The summed E-state index contributed by atoms with van der Waals surface area (Å²) in [6, 6.07) is 10.2. The molecule has 1 atom stereocenters. The first-order valence-corrected chi connectivity index (χ1v) is 12.5. The largest absolute Gasteiger partial charge is 0.497 e. The fourth-order valence-electron chi connectivity index (χ4n) is 4.69. The molecule has 2 aromatic rings. The van der Waals surface area contributed by atoms with Crippen molar-refractivity contribution in [3.63, 3.8) is 0 Å². The molecule has 4 rings (SSSR count). The molecule has 2 fully saturated rings. The summed E-state index contributed by atoms with van der Waals surface area (Å²) in [5.41, 5.74) is 0.597. The Morgan fingerprint density at radius 1 is 1.00 bits per heavy atom. The Labute approximate surface area is 198 Å². The van der Waals surface area contributed by atoms with Gasteiger partial charge in [-0.05, 0) is 67.7 Å². The normalized spacial score (nSPS) is 18.0. The smallest absolute Gasteiger partial charge is 0.262 e. The first-order chi connectivity index (χ1) is 16.1. The van der Waals surface area contributed by atoms with Crippen LogP contribution < -0.4 is 10.1 Å². The monoisotopic (exact) mass is 469 g/mol. The van der Waals surface area contributed by atoms with Crippen LogP contribution in [0.15, 0.2) is 41.8 Å². The van der Waals surface area contributed by atoms with Crippen LogP contribution in [0.3, 0.4) is 0 Å². The summed E-state index contributed by atoms with van der Waals surface area (Å²) < 4.78 is 5.24. The molecule has 2 saturated heterocycles. The van der Waals surface area contributed by atoms with Crippen LogP contribution in [-0.4, -0.2) is 66.9 Å². The number of nitrogens with one attached hydrogen (secondary N) is 1. The zero-order valence-electron chi connectivity index (χ0n) is 19.0. The molecule has 0 spiro atoms. The zero-order chi connectivity index (χ0) is 23.2. The first-order valence-electron chi connectivity index (χ1n) is 11.6. The molecular weight excluding hydrogens is 438 g/mol. The van der Waals surface area contributed by atoms with Crippen LogP contribution in [-0.2, 0) is 4.79 Å². The molecule has 1 aromatic carbocycles. The van der Waals surface area contributed by atoms with Crippen LogP contribution in [0.1, 0.15) is 52.1 Å². The topological polar surface area (TPSA) is 79.0 Å². The predicted octanol–water partition coefficient (Wildman–Crippen LogP) is 3.42. The standard InChI is InChI=1S/C25H31N3O4S/c1-32-20-8-5-7-19(17-20)24(30)28-14-10-18(11-15-28)22(25(31)27-12-3-2-4-13-27)26-23(29)21-9-6-16-33-21/h5-9,16-18,22H,2-4,10-15H2,1H3,(H,26,29)/t22-/m0/s1. The van der Waals surface area contributed by atoms with Crippen molar-refractivity contribution < 1.29 is 19.1 Å². The number of methoxy groups -OCH3 is 1. The van der Waals surface area contributed by atoms with E-state index in [4.69, 9.17) is 4.74 Å². The fourth-order valence-corrected chi connectivity index (χ4v) is 5.31. The molecule has 7 nitrogen and oxygen atoms in total. The molecule has 0 aliphatic carbocycles. The molecule has 2 aliphatic heterocycles. The van der Waals surface area contributed by atoms with Gasteiger partial charge in [-0.2, -0.15) is 0 Å². The lowest BCUT2D eigenvalue weighted by Gasteiger charge is -2.38. The van der Waals surface area contributed by atoms with E-state index in [1.165, 1.54) is 11.3 Å². The van der Waals surface area contributed by atoms with E-state index in [1.54, 1.807) is 25.3 Å². The Balaban J connectivity index is 1.44. The van der Waals surface area contributed by atoms with Gasteiger partial charge in [0.15, 0.2) is 0 Å². The molecule has 0 unspecified atom stereocenters. The molecule has 3 amide bonds. The molecule has 3 heterocycles. The maximum atomic E-state index is 13.4. The van der Waals surface area contributed by atoms with Crippen molar-refractivity contribution in [2.75, 3.05) is 33.3 Å². The van der Waals surface area contributed by atoms with E-state index in [0.29, 0.717) is 42.1 Å². The maximum Gasteiger partial charge on any atom is 0.262 e. The van der Waals surface area contributed by atoms with Crippen molar-refractivity contribution >= 4 is 29.1 Å². The first kappa shape index (κ1) is 23.3. The SMILES string of the molecule is COc1cccc(C(=O)N2CCC([C@H](NC(=O)c3cccs3)C(=O)N3CCCCC3)CC2)c1. The van der Waals surface area contributed by atoms with Gasteiger partial charge in [-0.3, -0.25) is 14.4 Å². The second kappa shape index (κ2) is 10.8. The molecule has 2 aliphatic rings. The molecule has 33 heavy (non-hydrogen) atoms. The van der Waals surface area contributed by atoms with Crippen molar-refractivity contribution in [2.24, 2.45) is 5.92 Å². The number of ether oxygens (including phenoxy) is 1. The maximum absolute atomic E-state index is 13.4. The van der Waals surface area contributed by atoms with E-state index in [2.05, 4.69) is 5.32 Å². The lowest BCUT2D eigenvalue weighted by Crippen LogP contribution is -2.55. The molecule has 1 aromatic heterocycles. The van der Waals surface area contributed by atoms with Gasteiger partial charge in [-0.1, -0.05) is 12.1 Å². The van der Waals surface area contributed by atoms with Gasteiger partial charge in [0.05, 0.1) is 12.0 Å². The van der Waals surface area contributed by atoms with Crippen molar-refractivity contribution in [1.82, 2.24) is 15.1 Å². The third kappa shape index (κ3) is 5.55. The van der Waals surface area contributed by atoms with Gasteiger partial charge in [0, 0.05) is 31.7 Å². The summed E-state index contributed by atoms with van der Waals surface area (Å²) in [4.78, 5) is 43.6. The lowest BCUT2D eigenvalue weighted by molar-refractivity contribution is -0.136. The Morgan fingerprint density at radius 3 is 2.42 bits per heavy atom. The highest BCUT2D eigenvalue weighted by molar-refractivity contribution is 7.12. The minimum absolute atomic E-state index is 0.00213. The van der Waals surface area contributed by atoms with Gasteiger partial charge in [0.2, 0.25) is 5.91 Å². The minimum atomic E-state index is -0.563. The molecule has 0 bridgehead atoms. The number of carbonyl (C=O) groups excluding carboxylic acids is 3. The number of hydrogen-bond acceptors (Lipinski definition) is 5. The molecule has 176 valence electrons. The van der Waals surface area contributed by atoms with Crippen molar-refractivity contribution in [1.29, 1.82) is 0 Å². The third-order valence-electron chi connectivity index (χ3n) is 6.58. The average molecular weight is 470 g/mol. The number of benzene rings is 1. The number of thiophene rings is 1. The highest BCUT2D eigenvalue weighted by Crippen LogP contribution is 2.26. The molecule has 0 radical (unpaired) electrons. The van der Waals surface area contributed by atoms with Crippen molar-refractivity contribution in [2.45, 2.75) is 38.1 Å². The Bertz CT molecular complexity index is 964. The highest BCUT2D eigenvalue weighted by atomic mass is 32.1. The predicted molar refractivity (Wildman–Crippen MR) is 128 cm³/mol. The van der Waals surface area contributed by atoms with E-state index in [-0.39, 0.29) is 23.6 Å². The van der Waals surface area contributed by atoms with Gasteiger partial charge in [-0.25, -0.2) is 0 Å². The Morgan fingerprint density at radius 2 is 1.76 bits per heavy atom. The van der Waals surface area contributed by atoms with Gasteiger partial charge < -0.3 is 19.9 Å². The number of piperidine rings is 2. The summed E-state index contributed by atoms with van der Waals surface area (Å²) in [7, 11) is 1.58.